The molecular weight excluding hydrogens is 306 g/mol. The average molecular weight is 325 g/mol. The van der Waals surface area contributed by atoms with Crippen LogP contribution in [0.2, 0.25) is 0 Å². The minimum Gasteiger partial charge on any atom is -0.489 e. The second-order valence-corrected chi connectivity index (χ2v) is 6.45. The van der Waals surface area contributed by atoms with Crippen molar-refractivity contribution >= 4 is 11.7 Å². The Morgan fingerprint density at radius 2 is 2.08 bits per heavy atom. The maximum absolute atomic E-state index is 13.0. The summed E-state index contributed by atoms with van der Waals surface area (Å²) in [5, 5.41) is 0. The van der Waals surface area contributed by atoms with Gasteiger partial charge in [0.15, 0.2) is 5.78 Å². The Kier molecular flexibility index (Phi) is 3.63. The zero-order valence-electron chi connectivity index (χ0n) is 13.6. The maximum atomic E-state index is 13.0. The minimum absolute atomic E-state index is 0.00729. The summed E-state index contributed by atoms with van der Waals surface area (Å²) in [6, 6.07) is 7.74. The molecule has 1 amide bonds. The molecule has 0 saturated heterocycles. The summed E-state index contributed by atoms with van der Waals surface area (Å²) < 4.78 is 11.4. The molecule has 1 aliphatic carbocycles. The quantitative estimate of drug-likeness (QED) is 0.808. The number of hydrogen-bond donors (Lipinski definition) is 0. The molecule has 0 fully saturated rings. The van der Waals surface area contributed by atoms with Crippen LogP contribution in [0.4, 0.5) is 0 Å². The van der Waals surface area contributed by atoms with Crippen LogP contribution in [0.25, 0.3) is 0 Å². The molecule has 4 rings (SSSR count). The fourth-order valence-corrected chi connectivity index (χ4v) is 3.49. The molecule has 0 radical (unpaired) electrons. The number of carbonyl (C=O) groups excluding carboxylic acids is 2. The number of amides is 1. The molecule has 0 N–H and O–H groups in total. The van der Waals surface area contributed by atoms with E-state index in [1.807, 2.05) is 31.2 Å². The smallest absolute Gasteiger partial charge is 0.258 e. The molecule has 2 heterocycles. The first-order valence-electron chi connectivity index (χ1n) is 8.31. The molecule has 1 aromatic carbocycles. The summed E-state index contributed by atoms with van der Waals surface area (Å²) in [6.07, 6.45) is 3.32. The van der Waals surface area contributed by atoms with E-state index in [1.54, 1.807) is 4.90 Å². The van der Waals surface area contributed by atoms with Crippen LogP contribution in [-0.2, 0) is 13.0 Å². The highest BCUT2D eigenvalue weighted by Crippen LogP contribution is 2.30. The van der Waals surface area contributed by atoms with Crippen molar-refractivity contribution in [3.05, 3.63) is 53.0 Å². The van der Waals surface area contributed by atoms with Gasteiger partial charge in [-0.2, -0.15) is 0 Å². The first-order chi connectivity index (χ1) is 11.6. The van der Waals surface area contributed by atoms with Crippen LogP contribution in [0.15, 0.2) is 34.9 Å². The number of ether oxygens (including phenoxy) is 1. The Morgan fingerprint density at radius 3 is 2.96 bits per heavy atom. The second kappa shape index (κ2) is 5.82. The van der Waals surface area contributed by atoms with Crippen LogP contribution >= 0.6 is 0 Å². The van der Waals surface area contributed by atoms with E-state index in [9.17, 15) is 9.59 Å². The Labute approximate surface area is 140 Å². The lowest BCUT2D eigenvalue weighted by molar-refractivity contribution is 0.0686. The lowest BCUT2D eigenvalue weighted by Gasteiger charge is -2.22. The van der Waals surface area contributed by atoms with E-state index in [-0.39, 0.29) is 17.8 Å². The molecule has 2 aromatic rings. The van der Waals surface area contributed by atoms with E-state index in [2.05, 4.69) is 0 Å². The van der Waals surface area contributed by atoms with Gasteiger partial charge in [-0.1, -0.05) is 18.2 Å². The van der Waals surface area contributed by atoms with E-state index >= 15 is 0 Å². The summed E-state index contributed by atoms with van der Waals surface area (Å²) in [7, 11) is 0. The molecule has 5 nitrogen and oxygen atoms in total. The molecular formula is C19H19NO4. The normalized spacial score (nSPS) is 20.0. The Bertz CT molecular complexity index is 807. The van der Waals surface area contributed by atoms with Crippen LogP contribution in [0.5, 0.6) is 5.75 Å². The number of nitrogens with zero attached hydrogens (tertiary/aromatic N) is 1. The van der Waals surface area contributed by atoms with Gasteiger partial charge >= 0.3 is 0 Å². The monoisotopic (exact) mass is 325 g/mol. The molecule has 1 aromatic heterocycles. The van der Waals surface area contributed by atoms with Gasteiger partial charge in [0.05, 0.1) is 17.7 Å². The number of ketones is 1. The Balaban J connectivity index is 1.68. The van der Waals surface area contributed by atoms with Crippen LogP contribution in [-0.4, -0.2) is 29.2 Å². The fourth-order valence-electron chi connectivity index (χ4n) is 3.49. The molecule has 1 unspecified atom stereocenters. The zero-order valence-corrected chi connectivity index (χ0v) is 13.6. The molecule has 1 atom stereocenters. The SMILES string of the molecule is CC1CN(C(=O)c2coc3c2C(=O)CCC3)Cc2ccccc2O1. The maximum Gasteiger partial charge on any atom is 0.258 e. The van der Waals surface area contributed by atoms with Gasteiger partial charge in [0, 0.05) is 24.9 Å². The first kappa shape index (κ1) is 15.0. The van der Waals surface area contributed by atoms with Crippen LogP contribution < -0.4 is 4.74 Å². The standard InChI is InChI=1S/C19H19NO4/c1-12-9-20(10-13-5-2-3-7-16(13)24-12)19(22)14-11-23-17-8-4-6-15(21)18(14)17/h2-3,5,7,11-12H,4,6,8-10H2,1H3. The number of fused-ring (bicyclic) bond motifs is 2. The van der Waals surface area contributed by atoms with Gasteiger partial charge in [-0.05, 0) is 19.4 Å². The second-order valence-electron chi connectivity index (χ2n) is 6.45. The lowest BCUT2D eigenvalue weighted by Crippen LogP contribution is -2.36. The van der Waals surface area contributed by atoms with Gasteiger partial charge in [0.25, 0.3) is 5.91 Å². The van der Waals surface area contributed by atoms with Gasteiger partial charge in [0.1, 0.15) is 23.9 Å². The number of benzene rings is 1. The summed E-state index contributed by atoms with van der Waals surface area (Å²) in [4.78, 5) is 27.0. The molecule has 5 heteroatoms. The van der Waals surface area contributed by atoms with E-state index in [1.165, 1.54) is 6.26 Å². The topological polar surface area (TPSA) is 59.8 Å². The van der Waals surface area contributed by atoms with E-state index < -0.39 is 0 Å². The zero-order chi connectivity index (χ0) is 16.7. The Hall–Kier alpha value is -2.56. The number of para-hydroxylation sites is 1. The summed E-state index contributed by atoms with van der Waals surface area (Å²) in [6.45, 7) is 2.88. The van der Waals surface area contributed by atoms with Gasteiger partial charge in [-0.3, -0.25) is 9.59 Å². The van der Waals surface area contributed by atoms with E-state index in [0.717, 1.165) is 24.2 Å². The molecule has 0 bridgehead atoms. The number of rotatable bonds is 1. The summed E-state index contributed by atoms with van der Waals surface area (Å²) in [5.41, 5.74) is 1.84. The van der Waals surface area contributed by atoms with Crippen LogP contribution in [0.1, 0.15) is 51.8 Å². The largest absolute Gasteiger partial charge is 0.489 e. The highest BCUT2D eigenvalue weighted by atomic mass is 16.5. The molecule has 124 valence electrons. The summed E-state index contributed by atoms with van der Waals surface area (Å²) >= 11 is 0. The third kappa shape index (κ3) is 2.50. The minimum atomic E-state index is -0.164. The van der Waals surface area contributed by atoms with Crippen molar-refractivity contribution in [1.82, 2.24) is 4.90 Å². The van der Waals surface area contributed by atoms with E-state index in [4.69, 9.17) is 9.15 Å². The third-order valence-electron chi connectivity index (χ3n) is 4.61. The lowest BCUT2D eigenvalue weighted by atomic mass is 9.93. The van der Waals surface area contributed by atoms with Crippen LogP contribution in [0.3, 0.4) is 0 Å². The number of carbonyl (C=O) groups is 2. The van der Waals surface area contributed by atoms with Crippen LogP contribution in [0, 0.1) is 0 Å². The third-order valence-corrected chi connectivity index (χ3v) is 4.61. The van der Waals surface area contributed by atoms with Gasteiger partial charge in [0.2, 0.25) is 0 Å². The molecule has 2 aliphatic rings. The molecule has 24 heavy (non-hydrogen) atoms. The predicted molar refractivity (Wildman–Crippen MR) is 87.2 cm³/mol. The number of Topliss-reactive ketones (excluding diaryl/α,β-unsaturated/α-hetero) is 1. The Morgan fingerprint density at radius 1 is 1.25 bits per heavy atom. The number of aryl methyl sites for hydroxylation is 1. The number of hydrogen-bond acceptors (Lipinski definition) is 4. The number of furan rings is 1. The van der Waals surface area contributed by atoms with E-state index in [0.29, 0.717) is 36.4 Å². The molecule has 1 aliphatic heterocycles. The van der Waals surface area contributed by atoms with Crippen molar-refractivity contribution in [3.8, 4) is 5.75 Å². The fraction of sp³-hybridized carbons (Fsp3) is 0.368. The molecule has 0 spiro atoms. The van der Waals surface area contributed by atoms with Crippen molar-refractivity contribution < 1.29 is 18.7 Å². The summed E-state index contributed by atoms with van der Waals surface area (Å²) in [5.74, 6) is 1.30. The van der Waals surface area contributed by atoms with Crippen molar-refractivity contribution in [3.63, 3.8) is 0 Å². The van der Waals surface area contributed by atoms with Crippen molar-refractivity contribution in [2.45, 2.75) is 38.8 Å². The average Bonchev–Trinajstić information content (AvgIpc) is 2.92. The van der Waals surface area contributed by atoms with Gasteiger partial charge < -0.3 is 14.1 Å². The molecule has 0 saturated carbocycles. The first-order valence-corrected chi connectivity index (χ1v) is 8.31. The predicted octanol–water partition coefficient (Wildman–Crippen LogP) is 3.22. The van der Waals surface area contributed by atoms with Crippen molar-refractivity contribution in [1.29, 1.82) is 0 Å². The van der Waals surface area contributed by atoms with Gasteiger partial charge in [-0.15, -0.1) is 0 Å². The van der Waals surface area contributed by atoms with Crippen molar-refractivity contribution in [2.75, 3.05) is 6.54 Å². The highest BCUT2D eigenvalue weighted by molar-refractivity contribution is 6.09. The van der Waals surface area contributed by atoms with Gasteiger partial charge in [-0.25, -0.2) is 0 Å². The van der Waals surface area contributed by atoms with Crippen molar-refractivity contribution in [2.24, 2.45) is 0 Å². The highest BCUT2D eigenvalue weighted by Gasteiger charge is 2.32.